The topological polar surface area (TPSA) is 0 Å². The van der Waals surface area contributed by atoms with Gasteiger partial charge in [-0.15, -0.1) is 0 Å². The summed E-state index contributed by atoms with van der Waals surface area (Å²) in [5, 5.41) is 2.44. The quantitative estimate of drug-likeness (QED) is 0.590. The predicted octanol–water partition coefficient (Wildman–Crippen LogP) is 2.71. The van der Waals surface area contributed by atoms with E-state index in [1.807, 2.05) is 0 Å². The molecule has 0 radical (unpaired) electrons. The molecule has 0 atom stereocenters. The van der Waals surface area contributed by atoms with Crippen molar-refractivity contribution in [1.82, 2.24) is 0 Å². The molecule has 0 bridgehead atoms. The maximum atomic E-state index is 5.82. The first kappa shape index (κ1) is 9.64. The molecule has 46 valence electrons. The van der Waals surface area contributed by atoms with Gasteiger partial charge in [-0.1, -0.05) is 22.1 Å². The summed E-state index contributed by atoms with van der Waals surface area (Å²) in [5.41, 5.74) is 0. The fourth-order valence-electron chi connectivity index (χ4n) is 0.459. The average Bonchev–Trinajstić information content (AvgIpc) is 1.61. The van der Waals surface area contributed by atoms with E-state index in [9.17, 15) is 0 Å². The molecule has 0 fully saturated rings. The second kappa shape index (κ2) is 5.43. The third-order valence-corrected chi connectivity index (χ3v) is 5.20. The third-order valence-electron chi connectivity index (χ3n) is 0.962. The zero-order chi connectivity index (χ0) is 6.57. The Morgan fingerprint density at radius 1 is 1.00 bits per heavy atom. The van der Waals surface area contributed by atoms with Gasteiger partial charge in [-0.2, -0.15) is 0 Å². The molecule has 0 aromatic heterocycles. The van der Waals surface area contributed by atoms with Gasteiger partial charge in [-0.05, 0) is 0 Å². The molecular weight excluding hydrogens is 173 g/mol. The monoisotopic (exact) mass is 182 g/mol. The molecule has 8 heavy (non-hydrogen) atoms. The maximum absolute atomic E-state index is 5.82. The van der Waals surface area contributed by atoms with Crippen LogP contribution in [-0.2, 0) is 0 Å². The lowest BCUT2D eigenvalue weighted by Crippen LogP contribution is -2.01. The van der Waals surface area contributed by atoms with Gasteiger partial charge >= 0.3 is 26.5 Å². The van der Waals surface area contributed by atoms with Crippen LogP contribution in [0.15, 0.2) is 0 Å². The Morgan fingerprint density at radius 3 is 1.38 bits per heavy atom. The number of hydrogen-bond donors (Lipinski definition) is 0. The van der Waals surface area contributed by atoms with Crippen molar-refractivity contribution < 1.29 is 0 Å². The van der Waals surface area contributed by atoms with E-state index in [2.05, 4.69) is 11.6 Å². The third kappa shape index (κ3) is 7.64. The van der Waals surface area contributed by atoms with Crippen LogP contribution in [0.2, 0.25) is 22.1 Å². The first-order valence-corrected chi connectivity index (χ1v) is 10.3. The van der Waals surface area contributed by atoms with Crippen LogP contribution < -0.4 is 0 Å². The van der Waals surface area contributed by atoms with Crippen LogP contribution >= 0.6 is 20.1 Å². The fraction of sp³-hybridized carbons (Fsp3) is 1.00. The van der Waals surface area contributed by atoms with Gasteiger partial charge in [-0.3, -0.25) is 20.1 Å². The Labute approximate surface area is 68.4 Å². The number of hydrogen-bond acceptors (Lipinski definition) is 0. The molecular formula is C4H10Al2Cl2. The van der Waals surface area contributed by atoms with Crippen molar-refractivity contribution in [3.63, 3.8) is 0 Å². The van der Waals surface area contributed by atoms with Gasteiger partial charge in [0, 0.05) is 0 Å². The molecule has 4 heteroatoms. The number of halogens is 2. The normalized spacial score (nSPS) is 9.00. The summed E-state index contributed by atoms with van der Waals surface area (Å²) < 4.78 is 0. The first-order chi connectivity index (χ1) is 3.63. The van der Waals surface area contributed by atoms with E-state index in [-0.39, 0.29) is 0 Å². The van der Waals surface area contributed by atoms with Crippen LogP contribution in [0, 0.1) is 0 Å². The standard InChI is InChI=1S/C2H4.2CH3.2Al.2ClH/c1-2;;;;;;/h1-2H2;2*1H3;;;2*1H/q;;;2*+1;;/p-2. The molecule has 0 aromatic carbocycles. The van der Waals surface area contributed by atoms with Crippen molar-refractivity contribution in [2.45, 2.75) is 22.1 Å². The summed E-state index contributed by atoms with van der Waals surface area (Å²) in [4.78, 5) is 0. The van der Waals surface area contributed by atoms with E-state index < -0.39 is 26.5 Å². The Balaban J connectivity index is 2.93. The molecule has 0 spiro atoms. The SMILES string of the molecule is [CH3][Al]([Cl])[CH2][CH2][Al]([CH3])[Cl]. The lowest BCUT2D eigenvalue weighted by molar-refractivity contribution is 1.40. The highest BCUT2D eigenvalue weighted by Gasteiger charge is 2.11. The summed E-state index contributed by atoms with van der Waals surface area (Å²) in [7, 11) is 11.6. The van der Waals surface area contributed by atoms with E-state index in [1.54, 1.807) is 0 Å². The van der Waals surface area contributed by atoms with Gasteiger partial charge in [-0.25, -0.2) is 0 Å². The summed E-state index contributed by atoms with van der Waals surface area (Å²) in [6, 6.07) is 0. The van der Waals surface area contributed by atoms with Crippen LogP contribution in [0.4, 0.5) is 0 Å². The zero-order valence-electron chi connectivity index (χ0n) is 5.32. The van der Waals surface area contributed by atoms with Crippen molar-refractivity contribution >= 4 is 46.6 Å². The molecule has 0 aromatic rings. The van der Waals surface area contributed by atoms with Crippen molar-refractivity contribution in [3.8, 4) is 0 Å². The van der Waals surface area contributed by atoms with Crippen LogP contribution in [-0.4, -0.2) is 26.5 Å². The van der Waals surface area contributed by atoms with Gasteiger partial charge < -0.3 is 0 Å². The molecule has 0 heterocycles. The van der Waals surface area contributed by atoms with Crippen molar-refractivity contribution in [1.29, 1.82) is 0 Å². The van der Waals surface area contributed by atoms with Crippen LogP contribution in [0.3, 0.4) is 0 Å². The zero-order valence-corrected chi connectivity index (χ0v) is 9.15. The van der Waals surface area contributed by atoms with E-state index in [4.69, 9.17) is 20.1 Å². The predicted molar refractivity (Wildman–Crippen MR) is 44.6 cm³/mol. The molecule has 0 rings (SSSR count). The van der Waals surface area contributed by atoms with Gasteiger partial charge in [0.25, 0.3) is 0 Å². The molecule has 0 aliphatic rings. The molecule has 0 aliphatic heterocycles. The molecule has 0 N–H and O–H groups in total. The highest BCUT2D eigenvalue weighted by molar-refractivity contribution is 7.09. The molecule has 0 saturated carbocycles. The Morgan fingerprint density at radius 2 is 1.25 bits per heavy atom. The Bertz CT molecular complexity index is 48.0. The Kier molecular flexibility index (Phi) is 6.55. The highest BCUT2D eigenvalue weighted by Crippen LogP contribution is 2.07. The lowest BCUT2D eigenvalue weighted by atomic mass is 10.9. The van der Waals surface area contributed by atoms with Gasteiger partial charge in [0.05, 0.1) is 0 Å². The van der Waals surface area contributed by atoms with Gasteiger partial charge in [0.1, 0.15) is 0 Å². The molecule has 0 nitrogen and oxygen atoms in total. The van der Waals surface area contributed by atoms with E-state index in [0.29, 0.717) is 0 Å². The van der Waals surface area contributed by atoms with Crippen LogP contribution in [0.5, 0.6) is 0 Å². The van der Waals surface area contributed by atoms with Gasteiger partial charge in [0.15, 0.2) is 0 Å². The van der Waals surface area contributed by atoms with E-state index in [0.717, 1.165) is 0 Å². The molecule has 0 amide bonds. The Hall–Kier alpha value is 1.64. The smallest absolute Gasteiger partial charge is 0.261 e. The van der Waals surface area contributed by atoms with Crippen molar-refractivity contribution in [2.24, 2.45) is 0 Å². The van der Waals surface area contributed by atoms with Crippen LogP contribution in [0.25, 0.3) is 0 Å². The summed E-state index contributed by atoms with van der Waals surface area (Å²) in [5.74, 6) is 4.30. The number of rotatable bonds is 3. The van der Waals surface area contributed by atoms with Gasteiger partial charge in [0.2, 0.25) is 0 Å². The molecule has 0 aliphatic carbocycles. The summed E-state index contributed by atoms with van der Waals surface area (Å²) >= 11 is -1.61. The minimum Gasteiger partial charge on any atom is -0.261 e. The minimum absolute atomic E-state index is 0.804. The van der Waals surface area contributed by atoms with Crippen LogP contribution in [0.1, 0.15) is 0 Å². The largest absolute Gasteiger partial charge is 0.395 e. The van der Waals surface area contributed by atoms with Crippen molar-refractivity contribution in [3.05, 3.63) is 0 Å². The molecule has 0 unspecified atom stereocenters. The van der Waals surface area contributed by atoms with E-state index >= 15 is 0 Å². The van der Waals surface area contributed by atoms with Crippen molar-refractivity contribution in [2.75, 3.05) is 0 Å². The first-order valence-electron chi connectivity index (χ1n) is 2.91. The minimum atomic E-state index is -0.804. The highest BCUT2D eigenvalue weighted by atomic mass is 35.6. The maximum Gasteiger partial charge on any atom is 0.395 e. The summed E-state index contributed by atoms with van der Waals surface area (Å²) in [6.07, 6.45) is 0. The van der Waals surface area contributed by atoms with E-state index in [1.165, 1.54) is 10.6 Å². The summed E-state index contributed by atoms with van der Waals surface area (Å²) in [6.45, 7) is 0. The second-order valence-electron chi connectivity index (χ2n) is 2.14. The molecule has 0 saturated heterocycles. The average molecular weight is 183 g/mol. The second-order valence-corrected chi connectivity index (χ2v) is 10.9. The fourth-order valence-corrected chi connectivity index (χ4v) is 6.40. The lowest BCUT2D eigenvalue weighted by Gasteiger charge is -1.93.